The van der Waals surface area contributed by atoms with Gasteiger partial charge in [-0.3, -0.25) is 4.79 Å². The van der Waals surface area contributed by atoms with Gasteiger partial charge in [0.2, 0.25) is 15.9 Å². The molecule has 0 bridgehead atoms. The van der Waals surface area contributed by atoms with Crippen LogP contribution in [-0.4, -0.2) is 49.7 Å². The number of likely N-dealkylation sites (tertiary alicyclic amines) is 1. The Labute approximate surface area is 148 Å². The summed E-state index contributed by atoms with van der Waals surface area (Å²) in [5.74, 6) is -0.176. The van der Waals surface area contributed by atoms with Gasteiger partial charge >= 0.3 is 0 Å². The van der Waals surface area contributed by atoms with Crippen LogP contribution in [0.5, 0.6) is 0 Å². The van der Waals surface area contributed by atoms with Gasteiger partial charge in [-0.25, -0.2) is 12.8 Å². The number of halogens is 1. The Morgan fingerprint density at radius 2 is 1.76 bits per heavy atom. The molecule has 0 N–H and O–H groups in total. The van der Waals surface area contributed by atoms with Crippen molar-refractivity contribution < 1.29 is 17.6 Å². The summed E-state index contributed by atoms with van der Waals surface area (Å²) in [5.41, 5.74) is 0. The molecule has 2 heterocycles. The van der Waals surface area contributed by atoms with Crippen LogP contribution in [0, 0.1) is 17.7 Å². The predicted octanol–water partition coefficient (Wildman–Crippen LogP) is 2.48. The zero-order chi connectivity index (χ0) is 18.0. The van der Waals surface area contributed by atoms with Gasteiger partial charge in [0.05, 0.1) is 10.8 Å². The summed E-state index contributed by atoms with van der Waals surface area (Å²) in [6.07, 6.45) is 3.54. The molecule has 0 saturated carbocycles. The molecule has 0 spiro atoms. The first-order chi connectivity index (χ1) is 11.9. The number of hydrogen-bond acceptors (Lipinski definition) is 3. The second-order valence-electron chi connectivity index (χ2n) is 7.19. The number of carbonyl (C=O) groups excluding carboxylic acids is 1. The number of sulfonamides is 1. The SMILES string of the molecule is C[C@@H]1CCCN(C(=O)[C@@H]2CCCN(S(=O)(=O)c3ccc(F)cc3)C2)C1. The number of nitrogens with zero attached hydrogens (tertiary/aromatic N) is 2. The molecule has 0 aromatic heterocycles. The molecule has 3 rings (SSSR count). The van der Waals surface area contributed by atoms with E-state index < -0.39 is 15.8 Å². The van der Waals surface area contributed by atoms with Crippen LogP contribution in [0.3, 0.4) is 0 Å². The Morgan fingerprint density at radius 3 is 2.44 bits per heavy atom. The molecule has 0 aliphatic carbocycles. The fraction of sp³-hybridized carbons (Fsp3) is 0.611. The van der Waals surface area contributed by atoms with Crippen LogP contribution in [0.25, 0.3) is 0 Å². The predicted molar refractivity (Wildman–Crippen MR) is 92.9 cm³/mol. The third-order valence-electron chi connectivity index (χ3n) is 5.15. The molecular formula is C18H25FN2O3S. The minimum atomic E-state index is -3.69. The van der Waals surface area contributed by atoms with Crippen LogP contribution in [0.1, 0.15) is 32.6 Å². The maximum atomic E-state index is 13.1. The molecule has 2 saturated heterocycles. The van der Waals surface area contributed by atoms with Gasteiger partial charge in [0, 0.05) is 26.2 Å². The summed E-state index contributed by atoms with van der Waals surface area (Å²) >= 11 is 0. The van der Waals surface area contributed by atoms with E-state index in [0.717, 1.165) is 44.5 Å². The maximum Gasteiger partial charge on any atom is 0.243 e. The monoisotopic (exact) mass is 368 g/mol. The van der Waals surface area contributed by atoms with Crippen LogP contribution in [0.2, 0.25) is 0 Å². The molecule has 0 unspecified atom stereocenters. The fourth-order valence-electron chi connectivity index (χ4n) is 3.77. The number of amides is 1. The molecule has 1 aromatic rings. The van der Waals surface area contributed by atoms with Crippen LogP contribution >= 0.6 is 0 Å². The highest BCUT2D eigenvalue weighted by Crippen LogP contribution is 2.26. The van der Waals surface area contributed by atoms with Gasteiger partial charge in [-0.2, -0.15) is 4.31 Å². The topological polar surface area (TPSA) is 57.7 Å². The van der Waals surface area contributed by atoms with Crippen molar-refractivity contribution in [2.24, 2.45) is 11.8 Å². The van der Waals surface area contributed by atoms with Crippen molar-refractivity contribution in [3.8, 4) is 0 Å². The van der Waals surface area contributed by atoms with E-state index in [0.29, 0.717) is 18.9 Å². The first-order valence-electron chi connectivity index (χ1n) is 8.92. The lowest BCUT2D eigenvalue weighted by Crippen LogP contribution is -2.48. The highest BCUT2D eigenvalue weighted by molar-refractivity contribution is 7.89. The Balaban J connectivity index is 1.72. The van der Waals surface area contributed by atoms with E-state index >= 15 is 0 Å². The molecule has 2 fully saturated rings. The molecule has 0 radical (unpaired) electrons. The van der Waals surface area contributed by atoms with Gasteiger partial charge in [0.25, 0.3) is 0 Å². The van der Waals surface area contributed by atoms with Gasteiger partial charge in [0.15, 0.2) is 0 Å². The van der Waals surface area contributed by atoms with E-state index in [2.05, 4.69) is 6.92 Å². The van der Waals surface area contributed by atoms with Crippen molar-refractivity contribution >= 4 is 15.9 Å². The van der Waals surface area contributed by atoms with Crippen molar-refractivity contribution in [3.63, 3.8) is 0 Å². The Bertz CT molecular complexity index is 720. The Morgan fingerprint density at radius 1 is 1.08 bits per heavy atom. The second-order valence-corrected chi connectivity index (χ2v) is 9.13. The molecule has 138 valence electrons. The van der Waals surface area contributed by atoms with Gasteiger partial charge in [-0.05, 0) is 55.9 Å². The van der Waals surface area contributed by atoms with E-state index in [1.165, 1.54) is 16.4 Å². The van der Waals surface area contributed by atoms with Gasteiger partial charge in [0.1, 0.15) is 5.82 Å². The van der Waals surface area contributed by atoms with Crippen molar-refractivity contribution in [3.05, 3.63) is 30.1 Å². The minimum absolute atomic E-state index is 0.0746. The lowest BCUT2D eigenvalue weighted by atomic mass is 9.94. The third kappa shape index (κ3) is 4.03. The molecule has 2 aliphatic rings. The molecule has 25 heavy (non-hydrogen) atoms. The number of hydrogen-bond donors (Lipinski definition) is 0. The second kappa shape index (κ2) is 7.41. The zero-order valence-electron chi connectivity index (χ0n) is 14.5. The van der Waals surface area contributed by atoms with E-state index in [1.807, 2.05) is 4.90 Å². The molecule has 1 aromatic carbocycles. The average molecular weight is 368 g/mol. The van der Waals surface area contributed by atoms with Crippen molar-refractivity contribution in [2.45, 2.75) is 37.5 Å². The molecule has 2 aliphatic heterocycles. The number of piperidine rings is 2. The van der Waals surface area contributed by atoms with Gasteiger partial charge < -0.3 is 4.90 Å². The van der Waals surface area contributed by atoms with Crippen molar-refractivity contribution in [2.75, 3.05) is 26.2 Å². The minimum Gasteiger partial charge on any atom is -0.342 e. The van der Waals surface area contributed by atoms with Gasteiger partial charge in [-0.15, -0.1) is 0 Å². The van der Waals surface area contributed by atoms with E-state index in [-0.39, 0.29) is 23.3 Å². The lowest BCUT2D eigenvalue weighted by molar-refractivity contribution is -0.138. The van der Waals surface area contributed by atoms with Crippen LogP contribution in [0.15, 0.2) is 29.2 Å². The van der Waals surface area contributed by atoms with E-state index in [1.54, 1.807) is 0 Å². The summed E-state index contributed by atoms with van der Waals surface area (Å²) in [7, 11) is -3.69. The van der Waals surface area contributed by atoms with Crippen LogP contribution < -0.4 is 0 Å². The molecule has 2 atom stereocenters. The zero-order valence-corrected chi connectivity index (χ0v) is 15.3. The smallest absolute Gasteiger partial charge is 0.243 e. The lowest BCUT2D eigenvalue weighted by Gasteiger charge is -2.37. The maximum absolute atomic E-state index is 13.1. The molecule has 5 nitrogen and oxygen atoms in total. The summed E-state index contributed by atoms with van der Waals surface area (Å²) in [6, 6.07) is 4.86. The highest BCUT2D eigenvalue weighted by atomic mass is 32.2. The Kier molecular flexibility index (Phi) is 5.43. The van der Waals surface area contributed by atoms with E-state index in [4.69, 9.17) is 0 Å². The van der Waals surface area contributed by atoms with Crippen LogP contribution in [0.4, 0.5) is 4.39 Å². The summed E-state index contributed by atoms with van der Waals surface area (Å²) in [5, 5.41) is 0. The largest absolute Gasteiger partial charge is 0.342 e. The Hall–Kier alpha value is -1.47. The first kappa shape index (κ1) is 18.3. The third-order valence-corrected chi connectivity index (χ3v) is 7.03. The molecule has 1 amide bonds. The first-order valence-corrected chi connectivity index (χ1v) is 10.4. The summed E-state index contributed by atoms with van der Waals surface area (Å²) < 4.78 is 40.0. The highest BCUT2D eigenvalue weighted by Gasteiger charge is 2.35. The van der Waals surface area contributed by atoms with Crippen molar-refractivity contribution in [1.82, 2.24) is 9.21 Å². The summed E-state index contributed by atoms with van der Waals surface area (Å²) in [4.78, 5) is 14.8. The average Bonchev–Trinajstić information content (AvgIpc) is 2.61. The quantitative estimate of drug-likeness (QED) is 0.824. The number of benzene rings is 1. The van der Waals surface area contributed by atoms with E-state index in [9.17, 15) is 17.6 Å². The normalized spacial score (nSPS) is 25.8. The standard InChI is InChI=1S/C18H25FN2O3S/c1-14-4-2-10-20(12-14)18(22)15-5-3-11-21(13-15)25(23,24)17-8-6-16(19)7-9-17/h6-9,14-15H,2-5,10-13H2,1H3/t14-,15-/m1/s1. The fourth-order valence-corrected chi connectivity index (χ4v) is 5.29. The number of rotatable bonds is 3. The number of carbonyl (C=O) groups is 1. The van der Waals surface area contributed by atoms with Crippen molar-refractivity contribution in [1.29, 1.82) is 0 Å². The molecular weight excluding hydrogens is 343 g/mol. The van der Waals surface area contributed by atoms with Crippen LogP contribution in [-0.2, 0) is 14.8 Å². The summed E-state index contributed by atoms with van der Waals surface area (Å²) in [6.45, 7) is 4.29. The molecule has 7 heteroatoms. The van der Waals surface area contributed by atoms with Gasteiger partial charge in [-0.1, -0.05) is 6.92 Å².